The number of carbonyl (C=O) groups is 1. The first-order chi connectivity index (χ1) is 9.75. The molecule has 1 atom stereocenters. The van der Waals surface area contributed by atoms with Crippen LogP contribution >= 0.6 is 11.6 Å². The molecule has 2 aromatic carbocycles. The maximum absolute atomic E-state index is 12.5. The first-order valence-electron chi connectivity index (χ1n) is 6.18. The van der Waals surface area contributed by atoms with E-state index in [0.29, 0.717) is 5.02 Å². The summed E-state index contributed by atoms with van der Waals surface area (Å²) in [5.41, 5.74) is 4.45. The van der Waals surface area contributed by atoms with Crippen molar-refractivity contribution in [3.8, 4) is 0 Å². The van der Waals surface area contributed by atoms with Gasteiger partial charge in [-0.25, -0.2) is 5.01 Å². The minimum Gasteiger partial charge on any atom is -0.281 e. The number of hydrogen-bond acceptors (Lipinski definition) is 3. The summed E-state index contributed by atoms with van der Waals surface area (Å²) in [6.45, 7) is 0. The van der Waals surface area contributed by atoms with E-state index in [4.69, 9.17) is 11.6 Å². The molecule has 2 aromatic rings. The molecule has 1 N–H and O–H groups in total. The van der Waals surface area contributed by atoms with Gasteiger partial charge in [0.05, 0.1) is 5.69 Å². The van der Waals surface area contributed by atoms with Crippen LogP contribution in [0, 0.1) is 0 Å². The van der Waals surface area contributed by atoms with Gasteiger partial charge in [0.15, 0.2) is 6.04 Å². The molecule has 0 saturated carbocycles. The Morgan fingerprint density at radius 2 is 1.75 bits per heavy atom. The van der Waals surface area contributed by atoms with Crippen molar-refractivity contribution in [1.82, 2.24) is 5.43 Å². The van der Waals surface area contributed by atoms with E-state index in [-0.39, 0.29) is 5.91 Å². The van der Waals surface area contributed by atoms with Gasteiger partial charge in [-0.1, -0.05) is 41.9 Å². The summed E-state index contributed by atoms with van der Waals surface area (Å²) >= 11 is 5.86. The van der Waals surface area contributed by atoms with Gasteiger partial charge in [-0.05, 0) is 29.8 Å². The van der Waals surface area contributed by atoms with Crippen molar-refractivity contribution in [1.29, 1.82) is 0 Å². The first-order valence-corrected chi connectivity index (χ1v) is 6.56. The third kappa shape index (κ3) is 2.38. The molecule has 0 aliphatic carbocycles. The summed E-state index contributed by atoms with van der Waals surface area (Å²) in [5.74, 6) is -0.124. The summed E-state index contributed by atoms with van der Waals surface area (Å²) in [7, 11) is 0. The summed E-state index contributed by atoms with van der Waals surface area (Å²) in [4.78, 5) is 16.7. The van der Waals surface area contributed by atoms with Crippen molar-refractivity contribution in [3.63, 3.8) is 0 Å². The van der Waals surface area contributed by atoms with Crippen molar-refractivity contribution in [2.75, 3.05) is 5.01 Å². The van der Waals surface area contributed by atoms with E-state index in [1.54, 1.807) is 24.3 Å². The number of benzene rings is 2. The SMILES string of the molecule is O=C1C(c2ccccc2)N=CNN1c1ccc(Cl)cc1. The average Bonchev–Trinajstić information content (AvgIpc) is 2.49. The van der Waals surface area contributed by atoms with Gasteiger partial charge in [0, 0.05) is 5.02 Å². The molecule has 1 unspecified atom stereocenters. The van der Waals surface area contributed by atoms with E-state index in [9.17, 15) is 4.79 Å². The number of nitrogens with one attached hydrogen (secondary N) is 1. The largest absolute Gasteiger partial charge is 0.281 e. The Labute approximate surface area is 121 Å². The van der Waals surface area contributed by atoms with Crippen LogP contribution in [0.2, 0.25) is 5.02 Å². The predicted molar refractivity (Wildman–Crippen MR) is 79.7 cm³/mol. The molecule has 20 heavy (non-hydrogen) atoms. The molecule has 0 radical (unpaired) electrons. The molecule has 1 heterocycles. The van der Waals surface area contributed by atoms with Crippen molar-refractivity contribution in [2.24, 2.45) is 4.99 Å². The number of rotatable bonds is 2. The Balaban J connectivity index is 1.91. The highest BCUT2D eigenvalue weighted by molar-refractivity contribution is 6.30. The van der Waals surface area contributed by atoms with Crippen LogP contribution in [0.1, 0.15) is 11.6 Å². The second-order valence-corrected chi connectivity index (χ2v) is 4.81. The molecular formula is C15H12ClN3O. The zero-order chi connectivity index (χ0) is 13.9. The molecule has 0 bridgehead atoms. The Hall–Kier alpha value is -2.33. The van der Waals surface area contributed by atoms with Gasteiger partial charge < -0.3 is 0 Å². The molecule has 4 nitrogen and oxygen atoms in total. The van der Waals surface area contributed by atoms with Crippen molar-refractivity contribution in [3.05, 3.63) is 65.2 Å². The van der Waals surface area contributed by atoms with E-state index in [1.807, 2.05) is 30.3 Å². The van der Waals surface area contributed by atoms with Crippen LogP contribution in [0.5, 0.6) is 0 Å². The molecule has 1 amide bonds. The number of amides is 1. The quantitative estimate of drug-likeness (QED) is 0.922. The molecule has 3 rings (SSSR count). The minimum atomic E-state index is -0.520. The Morgan fingerprint density at radius 3 is 2.45 bits per heavy atom. The highest BCUT2D eigenvalue weighted by atomic mass is 35.5. The number of nitrogens with zero attached hydrogens (tertiary/aromatic N) is 2. The third-order valence-electron chi connectivity index (χ3n) is 3.06. The van der Waals surface area contributed by atoms with Crippen molar-refractivity contribution >= 4 is 29.5 Å². The number of hydrogen-bond donors (Lipinski definition) is 1. The zero-order valence-corrected chi connectivity index (χ0v) is 11.3. The fraction of sp³-hybridized carbons (Fsp3) is 0.0667. The molecule has 1 aliphatic rings. The van der Waals surface area contributed by atoms with Crippen LogP contribution in [0.15, 0.2) is 59.6 Å². The monoisotopic (exact) mass is 285 g/mol. The summed E-state index contributed by atoms with van der Waals surface area (Å²) in [6.07, 6.45) is 1.54. The number of carbonyl (C=O) groups excluding carboxylic acids is 1. The summed E-state index contributed by atoms with van der Waals surface area (Å²) in [5, 5.41) is 2.10. The highest BCUT2D eigenvalue weighted by Gasteiger charge is 2.28. The molecular weight excluding hydrogens is 274 g/mol. The van der Waals surface area contributed by atoms with Gasteiger partial charge in [0.2, 0.25) is 0 Å². The van der Waals surface area contributed by atoms with Crippen molar-refractivity contribution < 1.29 is 4.79 Å². The van der Waals surface area contributed by atoms with Gasteiger partial charge in [-0.3, -0.25) is 15.2 Å². The van der Waals surface area contributed by atoms with Gasteiger partial charge in [-0.2, -0.15) is 0 Å². The van der Waals surface area contributed by atoms with Crippen LogP contribution in [-0.2, 0) is 4.79 Å². The highest BCUT2D eigenvalue weighted by Crippen LogP contribution is 2.25. The fourth-order valence-corrected chi connectivity index (χ4v) is 2.20. The summed E-state index contributed by atoms with van der Waals surface area (Å²) < 4.78 is 0. The minimum absolute atomic E-state index is 0.124. The van der Waals surface area contributed by atoms with Crippen LogP contribution in [0.4, 0.5) is 5.69 Å². The van der Waals surface area contributed by atoms with Gasteiger partial charge >= 0.3 is 0 Å². The fourth-order valence-electron chi connectivity index (χ4n) is 2.07. The van der Waals surface area contributed by atoms with E-state index < -0.39 is 6.04 Å². The third-order valence-corrected chi connectivity index (χ3v) is 3.32. The average molecular weight is 286 g/mol. The smallest absolute Gasteiger partial charge is 0.275 e. The molecule has 0 saturated heterocycles. The molecule has 5 heteroatoms. The number of halogens is 1. The standard InChI is InChI=1S/C15H12ClN3O/c16-12-6-8-13(9-7-12)19-15(20)14(17-10-18-19)11-4-2-1-3-5-11/h1-10,14H,(H,17,18). The lowest BCUT2D eigenvalue weighted by atomic mass is 10.1. The second-order valence-electron chi connectivity index (χ2n) is 4.37. The topological polar surface area (TPSA) is 44.7 Å². The Morgan fingerprint density at radius 1 is 1.05 bits per heavy atom. The molecule has 0 aromatic heterocycles. The Bertz CT molecular complexity index is 640. The zero-order valence-electron chi connectivity index (χ0n) is 10.5. The molecule has 0 fully saturated rings. The van der Waals surface area contributed by atoms with Crippen LogP contribution in [-0.4, -0.2) is 12.2 Å². The van der Waals surface area contributed by atoms with Gasteiger partial charge in [-0.15, -0.1) is 0 Å². The van der Waals surface area contributed by atoms with Crippen LogP contribution in [0.25, 0.3) is 0 Å². The van der Waals surface area contributed by atoms with E-state index >= 15 is 0 Å². The van der Waals surface area contributed by atoms with Crippen LogP contribution in [0.3, 0.4) is 0 Å². The molecule has 100 valence electrons. The Kier molecular flexibility index (Phi) is 3.39. The molecule has 1 aliphatic heterocycles. The summed E-state index contributed by atoms with van der Waals surface area (Å²) in [6, 6.07) is 16.0. The molecule has 0 spiro atoms. The number of anilines is 1. The normalized spacial score (nSPS) is 17.9. The lowest BCUT2D eigenvalue weighted by Gasteiger charge is -2.28. The number of hydrazine groups is 1. The second kappa shape index (κ2) is 5.35. The maximum Gasteiger partial charge on any atom is 0.275 e. The first kappa shape index (κ1) is 12.7. The van der Waals surface area contributed by atoms with Gasteiger partial charge in [0.1, 0.15) is 6.34 Å². The van der Waals surface area contributed by atoms with E-state index in [2.05, 4.69) is 10.4 Å². The lowest BCUT2D eigenvalue weighted by molar-refractivity contribution is -0.120. The van der Waals surface area contributed by atoms with E-state index in [0.717, 1.165) is 11.3 Å². The predicted octanol–water partition coefficient (Wildman–Crippen LogP) is 2.96. The van der Waals surface area contributed by atoms with Crippen LogP contribution < -0.4 is 10.4 Å². The van der Waals surface area contributed by atoms with Crippen molar-refractivity contribution in [2.45, 2.75) is 6.04 Å². The maximum atomic E-state index is 12.5. The lowest BCUT2D eigenvalue weighted by Crippen LogP contribution is -2.48. The van der Waals surface area contributed by atoms with E-state index in [1.165, 1.54) is 11.3 Å². The number of aliphatic imine (C=N–C) groups is 1. The van der Waals surface area contributed by atoms with Gasteiger partial charge in [0.25, 0.3) is 5.91 Å².